The van der Waals surface area contributed by atoms with Crippen LogP contribution in [0.2, 0.25) is 0 Å². The van der Waals surface area contributed by atoms with Gasteiger partial charge in [-0.25, -0.2) is 17.5 Å². The van der Waals surface area contributed by atoms with Gasteiger partial charge in [-0.05, 0) is 6.92 Å². The SMILES string of the molecule is C=C(F)C(C)NS(C)(=O)=O. The molecule has 60 valence electrons. The predicted molar refractivity (Wildman–Crippen MR) is 37.7 cm³/mol. The maximum absolute atomic E-state index is 12.1. The van der Waals surface area contributed by atoms with Gasteiger partial charge < -0.3 is 0 Å². The number of rotatable bonds is 3. The first-order chi connectivity index (χ1) is 4.33. The molecule has 0 spiro atoms. The van der Waals surface area contributed by atoms with E-state index in [-0.39, 0.29) is 0 Å². The highest BCUT2D eigenvalue weighted by atomic mass is 32.2. The quantitative estimate of drug-likeness (QED) is 0.661. The van der Waals surface area contributed by atoms with E-state index in [0.717, 1.165) is 6.26 Å². The van der Waals surface area contributed by atoms with Gasteiger partial charge in [0.1, 0.15) is 5.83 Å². The van der Waals surface area contributed by atoms with Crippen LogP contribution in [0, 0.1) is 0 Å². The Morgan fingerprint density at radius 1 is 1.70 bits per heavy atom. The number of halogens is 1. The Morgan fingerprint density at radius 3 is 2.20 bits per heavy atom. The van der Waals surface area contributed by atoms with Gasteiger partial charge in [-0.3, -0.25) is 0 Å². The second-order valence-corrected chi connectivity index (χ2v) is 3.84. The van der Waals surface area contributed by atoms with E-state index in [2.05, 4.69) is 6.58 Å². The van der Waals surface area contributed by atoms with Crippen LogP contribution < -0.4 is 4.72 Å². The fourth-order valence-corrected chi connectivity index (χ4v) is 1.16. The van der Waals surface area contributed by atoms with Crippen LogP contribution in [0.4, 0.5) is 4.39 Å². The van der Waals surface area contributed by atoms with Gasteiger partial charge in [-0.2, -0.15) is 0 Å². The van der Waals surface area contributed by atoms with Crippen molar-refractivity contribution in [2.24, 2.45) is 0 Å². The summed E-state index contributed by atoms with van der Waals surface area (Å²) in [5.41, 5.74) is 0. The lowest BCUT2D eigenvalue weighted by molar-refractivity contribution is 0.524. The van der Waals surface area contributed by atoms with Crippen molar-refractivity contribution in [1.82, 2.24) is 4.72 Å². The topological polar surface area (TPSA) is 46.2 Å². The molecule has 0 aliphatic rings. The second kappa shape index (κ2) is 3.12. The first kappa shape index (κ1) is 9.58. The smallest absolute Gasteiger partial charge is 0.209 e. The Kier molecular flexibility index (Phi) is 2.98. The summed E-state index contributed by atoms with van der Waals surface area (Å²) in [5, 5.41) is 0. The van der Waals surface area contributed by atoms with E-state index >= 15 is 0 Å². The van der Waals surface area contributed by atoms with Gasteiger partial charge in [0, 0.05) is 0 Å². The van der Waals surface area contributed by atoms with Crippen molar-refractivity contribution in [3.8, 4) is 0 Å². The zero-order valence-corrected chi connectivity index (χ0v) is 6.70. The Hall–Kier alpha value is -0.420. The molecule has 5 heteroatoms. The van der Waals surface area contributed by atoms with Gasteiger partial charge in [0.15, 0.2) is 0 Å². The van der Waals surface area contributed by atoms with Gasteiger partial charge in [-0.15, -0.1) is 0 Å². The average molecular weight is 167 g/mol. The van der Waals surface area contributed by atoms with Crippen LogP contribution in [0.1, 0.15) is 6.92 Å². The standard InChI is InChI=1S/C5H10FNO2S/c1-4(6)5(2)7-10(3,8)9/h5,7H,1H2,2-3H3. The predicted octanol–water partition coefficient (Wildman–Crippen LogP) is 0.407. The lowest BCUT2D eigenvalue weighted by Gasteiger charge is -2.07. The van der Waals surface area contributed by atoms with E-state index in [4.69, 9.17) is 0 Å². The zero-order chi connectivity index (χ0) is 8.36. The van der Waals surface area contributed by atoms with Crippen molar-refractivity contribution in [3.05, 3.63) is 12.4 Å². The van der Waals surface area contributed by atoms with E-state index in [1.165, 1.54) is 6.92 Å². The molecule has 1 N–H and O–H groups in total. The van der Waals surface area contributed by atoms with Gasteiger partial charge in [0.25, 0.3) is 0 Å². The molecule has 0 saturated carbocycles. The number of hydrogen-bond donors (Lipinski definition) is 1. The number of nitrogens with one attached hydrogen (secondary N) is 1. The number of hydrogen-bond acceptors (Lipinski definition) is 2. The van der Waals surface area contributed by atoms with Crippen molar-refractivity contribution in [1.29, 1.82) is 0 Å². The molecule has 0 aromatic rings. The normalized spacial score (nSPS) is 14.7. The highest BCUT2D eigenvalue weighted by molar-refractivity contribution is 7.88. The van der Waals surface area contributed by atoms with Crippen molar-refractivity contribution < 1.29 is 12.8 Å². The molecule has 0 saturated heterocycles. The van der Waals surface area contributed by atoms with Crippen LogP contribution in [-0.4, -0.2) is 20.7 Å². The van der Waals surface area contributed by atoms with E-state index in [1.54, 1.807) is 0 Å². The molecule has 0 aliphatic heterocycles. The van der Waals surface area contributed by atoms with Gasteiger partial charge in [0.05, 0.1) is 12.3 Å². The van der Waals surface area contributed by atoms with E-state index in [0.29, 0.717) is 0 Å². The van der Waals surface area contributed by atoms with Crippen LogP contribution >= 0.6 is 0 Å². The third-order valence-electron chi connectivity index (χ3n) is 0.861. The molecule has 10 heavy (non-hydrogen) atoms. The molecule has 0 aromatic carbocycles. The molecule has 3 nitrogen and oxygen atoms in total. The molecule has 0 heterocycles. The Balaban J connectivity index is 4.06. The Labute approximate surface area is 60.0 Å². The van der Waals surface area contributed by atoms with Gasteiger partial charge in [-0.1, -0.05) is 6.58 Å². The van der Waals surface area contributed by atoms with E-state index < -0.39 is 21.9 Å². The molecule has 0 radical (unpaired) electrons. The highest BCUT2D eigenvalue weighted by Crippen LogP contribution is 1.99. The Morgan fingerprint density at radius 2 is 2.10 bits per heavy atom. The molecule has 1 unspecified atom stereocenters. The summed E-state index contributed by atoms with van der Waals surface area (Å²) in [4.78, 5) is 0. The fourth-order valence-electron chi connectivity index (χ4n) is 0.385. The summed E-state index contributed by atoms with van der Waals surface area (Å²) >= 11 is 0. The summed E-state index contributed by atoms with van der Waals surface area (Å²) in [6, 6.07) is -0.838. The summed E-state index contributed by atoms with van der Waals surface area (Å²) in [6.45, 7) is 4.32. The molecule has 0 aliphatic carbocycles. The van der Waals surface area contributed by atoms with Crippen molar-refractivity contribution in [2.75, 3.05) is 6.26 Å². The first-order valence-corrected chi connectivity index (χ1v) is 4.53. The van der Waals surface area contributed by atoms with E-state index in [9.17, 15) is 12.8 Å². The maximum Gasteiger partial charge on any atom is 0.209 e. The molecule has 0 bridgehead atoms. The Bertz CT molecular complexity index is 222. The van der Waals surface area contributed by atoms with Crippen molar-refractivity contribution in [2.45, 2.75) is 13.0 Å². The monoisotopic (exact) mass is 167 g/mol. The third kappa shape index (κ3) is 4.46. The lowest BCUT2D eigenvalue weighted by Crippen LogP contribution is -2.31. The van der Waals surface area contributed by atoms with E-state index in [1.807, 2.05) is 4.72 Å². The largest absolute Gasteiger partial charge is 0.213 e. The highest BCUT2D eigenvalue weighted by Gasteiger charge is 2.10. The van der Waals surface area contributed by atoms with Crippen molar-refractivity contribution >= 4 is 10.0 Å². The summed E-state index contributed by atoms with van der Waals surface area (Å²) in [7, 11) is -3.32. The molecule has 0 amide bonds. The number of sulfonamides is 1. The molecule has 0 fully saturated rings. The van der Waals surface area contributed by atoms with Gasteiger partial charge in [0.2, 0.25) is 10.0 Å². The van der Waals surface area contributed by atoms with Crippen LogP contribution in [0.5, 0.6) is 0 Å². The third-order valence-corrected chi connectivity index (χ3v) is 1.64. The average Bonchev–Trinajstić information content (AvgIpc) is 1.60. The molecular formula is C5H10FNO2S. The molecule has 0 rings (SSSR count). The van der Waals surface area contributed by atoms with Crippen LogP contribution in [0.3, 0.4) is 0 Å². The maximum atomic E-state index is 12.1. The molecular weight excluding hydrogens is 157 g/mol. The summed E-state index contributed by atoms with van der Waals surface area (Å²) < 4.78 is 35.0. The lowest BCUT2D eigenvalue weighted by atomic mass is 10.3. The first-order valence-electron chi connectivity index (χ1n) is 2.64. The second-order valence-electron chi connectivity index (χ2n) is 2.06. The minimum Gasteiger partial charge on any atom is -0.213 e. The minimum absolute atomic E-state index is 0.689. The minimum atomic E-state index is -3.32. The summed E-state index contributed by atoms with van der Waals surface area (Å²) in [5.74, 6) is -0.689. The molecule has 0 aromatic heterocycles. The van der Waals surface area contributed by atoms with Gasteiger partial charge >= 0.3 is 0 Å². The zero-order valence-electron chi connectivity index (χ0n) is 5.89. The fraction of sp³-hybridized carbons (Fsp3) is 0.600. The molecule has 1 atom stereocenters. The van der Waals surface area contributed by atoms with Crippen LogP contribution in [-0.2, 0) is 10.0 Å². The van der Waals surface area contributed by atoms with Crippen molar-refractivity contribution in [3.63, 3.8) is 0 Å². The van der Waals surface area contributed by atoms with Crippen LogP contribution in [0.15, 0.2) is 12.4 Å². The van der Waals surface area contributed by atoms with Crippen LogP contribution in [0.25, 0.3) is 0 Å². The summed E-state index contributed by atoms with van der Waals surface area (Å²) in [6.07, 6.45) is 0.965.